The lowest BCUT2D eigenvalue weighted by molar-refractivity contribution is -0.114. The predicted octanol–water partition coefficient (Wildman–Crippen LogP) is 7.16. The molecule has 150 valence electrons. The van der Waals surface area contributed by atoms with E-state index < -0.39 is 17.9 Å². The zero-order chi connectivity index (χ0) is 20.9. The first-order valence-corrected chi connectivity index (χ1v) is 9.55. The van der Waals surface area contributed by atoms with Crippen LogP contribution in [0.15, 0.2) is 90.6 Å². The van der Waals surface area contributed by atoms with Crippen molar-refractivity contribution in [2.75, 3.05) is 0 Å². The van der Waals surface area contributed by atoms with Gasteiger partial charge >= 0.3 is 6.18 Å². The average Bonchev–Trinajstić information content (AvgIpc) is 2.72. The highest BCUT2D eigenvalue weighted by atomic mass is 19.4. The molecule has 1 nitrogen and oxygen atoms in total. The van der Waals surface area contributed by atoms with Gasteiger partial charge < -0.3 is 4.90 Å². The monoisotopic (exact) mass is 395 g/mol. The molecular formula is C25H24F3N. The second-order valence-electron chi connectivity index (χ2n) is 7.14. The van der Waals surface area contributed by atoms with Crippen LogP contribution in [-0.4, -0.2) is 11.1 Å². The van der Waals surface area contributed by atoms with Gasteiger partial charge in [0.05, 0.1) is 6.04 Å². The van der Waals surface area contributed by atoms with E-state index in [1.54, 1.807) is 12.1 Å². The number of benzene rings is 3. The minimum absolute atomic E-state index is 0.161. The molecule has 0 aliphatic rings. The van der Waals surface area contributed by atoms with Gasteiger partial charge in [0, 0.05) is 6.54 Å². The summed E-state index contributed by atoms with van der Waals surface area (Å²) in [4.78, 5) is 1.44. The van der Waals surface area contributed by atoms with E-state index in [0.717, 1.165) is 16.7 Å². The Hall–Kier alpha value is -3.01. The third-order valence-corrected chi connectivity index (χ3v) is 4.93. The summed E-state index contributed by atoms with van der Waals surface area (Å²) in [6.45, 7) is 3.89. The van der Waals surface area contributed by atoms with Crippen molar-refractivity contribution in [1.82, 2.24) is 4.90 Å². The molecule has 3 rings (SSSR count). The highest BCUT2D eigenvalue weighted by Gasteiger charge is 2.39. The van der Waals surface area contributed by atoms with Crippen molar-refractivity contribution in [2.45, 2.75) is 32.6 Å². The molecule has 0 saturated carbocycles. The van der Waals surface area contributed by atoms with Crippen molar-refractivity contribution in [1.29, 1.82) is 0 Å². The molecule has 4 heteroatoms. The Balaban J connectivity index is 2.08. The van der Waals surface area contributed by atoms with E-state index in [1.807, 2.05) is 86.6 Å². The molecule has 0 unspecified atom stereocenters. The summed E-state index contributed by atoms with van der Waals surface area (Å²) in [7, 11) is 0. The molecule has 0 aliphatic carbocycles. The van der Waals surface area contributed by atoms with Gasteiger partial charge in [-0.1, -0.05) is 90.5 Å². The van der Waals surface area contributed by atoms with Gasteiger partial charge in [0.1, 0.15) is 5.70 Å². The number of aryl methyl sites for hydroxylation is 1. The van der Waals surface area contributed by atoms with E-state index in [9.17, 15) is 13.2 Å². The van der Waals surface area contributed by atoms with Crippen LogP contribution in [0.3, 0.4) is 0 Å². The maximum Gasteiger partial charge on any atom is 0.431 e. The molecular weight excluding hydrogens is 371 g/mol. The van der Waals surface area contributed by atoms with Crippen molar-refractivity contribution in [3.63, 3.8) is 0 Å². The Bertz CT molecular complexity index is 929. The van der Waals surface area contributed by atoms with Gasteiger partial charge in [0.25, 0.3) is 0 Å². The first kappa shape index (κ1) is 20.7. The van der Waals surface area contributed by atoms with Gasteiger partial charge in [-0.05, 0) is 36.6 Å². The lowest BCUT2D eigenvalue weighted by atomic mass is 10.0. The summed E-state index contributed by atoms with van der Waals surface area (Å²) in [5, 5.41) is 0. The summed E-state index contributed by atoms with van der Waals surface area (Å²) >= 11 is 0. The Kier molecular flexibility index (Phi) is 6.42. The fourth-order valence-corrected chi connectivity index (χ4v) is 3.27. The number of alkyl halides is 3. The second-order valence-corrected chi connectivity index (χ2v) is 7.14. The Morgan fingerprint density at radius 1 is 0.862 bits per heavy atom. The summed E-state index contributed by atoms with van der Waals surface area (Å²) in [5.41, 5.74) is 2.55. The van der Waals surface area contributed by atoms with E-state index in [-0.39, 0.29) is 6.54 Å². The maximum absolute atomic E-state index is 14.2. The molecule has 0 saturated heterocycles. The van der Waals surface area contributed by atoms with Crippen molar-refractivity contribution in [3.05, 3.63) is 113 Å². The summed E-state index contributed by atoms with van der Waals surface area (Å²) in [6, 6.07) is 25.2. The van der Waals surface area contributed by atoms with Crippen LogP contribution in [0.25, 0.3) is 6.08 Å². The molecule has 0 aromatic heterocycles. The van der Waals surface area contributed by atoms with Crippen LogP contribution in [-0.2, 0) is 6.54 Å². The summed E-state index contributed by atoms with van der Waals surface area (Å²) in [5.74, 6) is 0. The topological polar surface area (TPSA) is 3.24 Å². The number of hydrogen-bond acceptors (Lipinski definition) is 1. The number of hydrogen-bond donors (Lipinski definition) is 0. The van der Waals surface area contributed by atoms with Crippen LogP contribution < -0.4 is 0 Å². The fraction of sp³-hybridized carbons (Fsp3) is 0.200. The molecule has 0 N–H and O–H groups in total. The van der Waals surface area contributed by atoms with Crippen LogP contribution >= 0.6 is 0 Å². The van der Waals surface area contributed by atoms with Gasteiger partial charge in [-0.2, -0.15) is 13.2 Å². The van der Waals surface area contributed by atoms with Crippen LogP contribution in [0.4, 0.5) is 13.2 Å². The van der Waals surface area contributed by atoms with E-state index in [1.165, 1.54) is 11.0 Å². The van der Waals surface area contributed by atoms with Gasteiger partial charge in [-0.25, -0.2) is 0 Å². The third-order valence-electron chi connectivity index (χ3n) is 4.93. The van der Waals surface area contributed by atoms with Crippen LogP contribution in [0.5, 0.6) is 0 Å². The zero-order valence-corrected chi connectivity index (χ0v) is 16.5. The third kappa shape index (κ3) is 5.50. The second kappa shape index (κ2) is 8.99. The molecule has 0 fully saturated rings. The lowest BCUT2D eigenvalue weighted by Crippen LogP contribution is -2.33. The largest absolute Gasteiger partial charge is 0.431 e. The van der Waals surface area contributed by atoms with Gasteiger partial charge in [-0.15, -0.1) is 0 Å². The number of rotatable bonds is 6. The van der Waals surface area contributed by atoms with E-state index in [2.05, 4.69) is 0 Å². The average molecular weight is 395 g/mol. The highest BCUT2D eigenvalue weighted by Crippen LogP contribution is 2.37. The summed E-state index contributed by atoms with van der Waals surface area (Å²) in [6.07, 6.45) is -3.25. The zero-order valence-electron chi connectivity index (χ0n) is 16.5. The molecule has 29 heavy (non-hydrogen) atoms. The molecule has 0 spiro atoms. The first-order valence-electron chi connectivity index (χ1n) is 9.55. The van der Waals surface area contributed by atoms with Crippen LogP contribution in [0.2, 0.25) is 0 Å². The van der Waals surface area contributed by atoms with Crippen LogP contribution in [0.1, 0.15) is 35.2 Å². The molecule has 0 bridgehead atoms. The lowest BCUT2D eigenvalue weighted by Gasteiger charge is -2.35. The highest BCUT2D eigenvalue weighted by molar-refractivity contribution is 5.54. The SMILES string of the molecule is Cc1ccc(/C=C(/N(Cc2ccccc2)[C@@H](C)c2ccccc2)C(F)(F)F)cc1. The van der Waals surface area contributed by atoms with Crippen molar-refractivity contribution in [2.24, 2.45) is 0 Å². The van der Waals surface area contributed by atoms with Gasteiger partial charge in [0.15, 0.2) is 0 Å². The molecule has 3 aromatic rings. The quantitative estimate of drug-likeness (QED) is 0.428. The van der Waals surface area contributed by atoms with Crippen molar-refractivity contribution < 1.29 is 13.2 Å². The normalized spacial score (nSPS) is 13.2. The Morgan fingerprint density at radius 2 is 1.41 bits per heavy atom. The molecule has 3 aromatic carbocycles. The van der Waals surface area contributed by atoms with E-state index in [0.29, 0.717) is 5.56 Å². The Labute approximate surface area is 170 Å². The number of halogens is 3. The maximum atomic E-state index is 14.2. The van der Waals surface area contributed by atoms with Crippen molar-refractivity contribution >= 4 is 6.08 Å². The summed E-state index contributed by atoms with van der Waals surface area (Å²) < 4.78 is 42.6. The Morgan fingerprint density at radius 3 is 1.97 bits per heavy atom. The smallest absolute Gasteiger partial charge is 0.356 e. The van der Waals surface area contributed by atoms with Gasteiger partial charge in [-0.3, -0.25) is 0 Å². The van der Waals surface area contributed by atoms with E-state index in [4.69, 9.17) is 0 Å². The van der Waals surface area contributed by atoms with Crippen molar-refractivity contribution in [3.8, 4) is 0 Å². The minimum atomic E-state index is -4.48. The molecule has 0 radical (unpaired) electrons. The molecule has 0 amide bonds. The fourth-order valence-electron chi connectivity index (χ4n) is 3.27. The predicted molar refractivity (Wildman–Crippen MR) is 112 cm³/mol. The number of nitrogens with zero attached hydrogens (tertiary/aromatic N) is 1. The standard InChI is InChI=1S/C25H24F3N/c1-19-13-15-21(16-14-19)17-24(25(26,27)28)29(18-22-9-5-3-6-10-22)20(2)23-11-7-4-8-12-23/h3-17,20H,18H2,1-2H3/b24-17+/t20-/m0/s1. The van der Waals surface area contributed by atoms with Gasteiger partial charge in [0.2, 0.25) is 0 Å². The number of allylic oxidation sites excluding steroid dienone is 1. The molecule has 1 atom stereocenters. The van der Waals surface area contributed by atoms with Crippen LogP contribution in [0, 0.1) is 6.92 Å². The first-order chi connectivity index (χ1) is 13.8. The minimum Gasteiger partial charge on any atom is -0.356 e. The molecule has 0 heterocycles. The molecule has 0 aliphatic heterocycles. The van der Waals surface area contributed by atoms with E-state index >= 15 is 0 Å².